The molecule has 1 spiro atoms. The summed E-state index contributed by atoms with van der Waals surface area (Å²) in [6, 6.07) is 2.33. The zero-order valence-electron chi connectivity index (χ0n) is 40.8. The molecule has 9 rings (SSSR count). The fourth-order valence-electron chi connectivity index (χ4n) is 11.5. The fraction of sp³-hybridized carbons (Fsp3) is 0.596. The van der Waals surface area contributed by atoms with Crippen molar-refractivity contribution in [2.45, 2.75) is 155 Å². The molecule has 2 bridgehead atoms. The number of aliphatic hydroxyl groups excluding tert-OH is 2. The molecule has 362 valence electrons. The monoisotopic (exact) mass is 925 g/mol. The van der Waals surface area contributed by atoms with E-state index in [0.717, 1.165) is 12.0 Å². The average Bonchev–Trinajstić information content (AvgIpc) is 3.26. The van der Waals surface area contributed by atoms with Crippen LogP contribution >= 0.6 is 0 Å². The fourth-order valence-corrected chi connectivity index (χ4v) is 11.5. The lowest BCUT2D eigenvalue weighted by atomic mass is 9.43. The van der Waals surface area contributed by atoms with Gasteiger partial charge in [0.25, 0.3) is 0 Å². The van der Waals surface area contributed by atoms with Gasteiger partial charge < -0.3 is 59.1 Å². The molecule has 5 aliphatic heterocycles. The first-order valence-corrected chi connectivity index (χ1v) is 23.4. The highest BCUT2D eigenvalue weighted by atomic mass is 16.8. The van der Waals surface area contributed by atoms with Gasteiger partial charge in [-0.3, -0.25) is 4.79 Å². The number of ether oxygens (including phenoxy) is 7. The van der Waals surface area contributed by atoms with E-state index in [1.165, 1.54) is 18.8 Å². The van der Waals surface area contributed by atoms with Crippen LogP contribution in [0.2, 0.25) is 0 Å². The Morgan fingerprint density at radius 3 is 2.40 bits per heavy atom. The lowest BCUT2D eigenvalue weighted by Crippen LogP contribution is -2.78. The van der Waals surface area contributed by atoms with Crippen molar-refractivity contribution in [2.24, 2.45) is 29.4 Å². The first-order chi connectivity index (χ1) is 31.5. The van der Waals surface area contributed by atoms with E-state index >= 15 is 4.79 Å². The summed E-state index contributed by atoms with van der Waals surface area (Å²) in [6.45, 7) is 19.2. The maximum atomic E-state index is 15.3. The number of ketones is 1. The number of nitrogens with zero attached hydrogens (tertiary/aromatic N) is 2. The predicted molar refractivity (Wildman–Crippen MR) is 248 cm³/mol. The van der Waals surface area contributed by atoms with Crippen LogP contribution in [-0.4, -0.2) is 106 Å². The number of rotatable bonds is 11. The van der Waals surface area contributed by atoms with Gasteiger partial charge in [-0.1, -0.05) is 43.2 Å². The molecule has 5 heterocycles. The topological polar surface area (TPSA) is 212 Å². The van der Waals surface area contributed by atoms with E-state index < -0.39 is 82.8 Å². The molecule has 5 fully saturated rings. The molecule has 67 heavy (non-hydrogen) atoms. The van der Waals surface area contributed by atoms with Crippen molar-refractivity contribution in [1.82, 2.24) is 4.90 Å². The number of allylic oxidation sites excluding steroid dienone is 5. The molecular formula is C52H67N3O12. The maximum Gasteiger partial charge on any atom is 0.333 e. The molecule has 15 heteroatoms. The van der Waals surface area contributed by atoms with Crippen LogP contribution in [0.25, 0.3) is 11.8 Å². The quantitative estimate of drug-likeness (QED) is 0.109. The van der Waals surface area contributed by atoms with Crippen molar-refractivity contribution in [3.63, 3.8) is 0 Å². The predicted octanol–water partition coefficient (Wildman–Crippen LogP) is 6.30. The number of aliphatic hydroxyl groups is 3. The minimum Gasteiger partial charge on any atom is -0.482 e. The smallest absolute Gasteiger partial charge is 0.333 e. The zero-order valence-corrected chi connectivity index (χ0v) is 40.8. The molecule has 11 atom stereocenters. The van der Waals surface area contributed by atoms with Gasteiger partial charge in [0.05, 0.1) is 42.2 Å². The Balaban J connectivity index is 1.46. The van der Waals surface area contributed by atoms with Gasteiger partial charge in [-0.25, -0.2) is 4.79 Å². The summed E-state index contributed by atoms with van der Waals surface area (Å²) in [7, 11) is 3.00. The van der Waals surface area contributed by atoms with Crippen molar-refractivity contribution in [3.05, 3.63) is 74.7 Å². The Morgan fingerprint density at radius 2 is 1.76 bits per heavy atom. The highest BCUT2D eigenvalue weighted by molar-refractivity contribution is 6.01. The minimum absolute atomic E-state index is 0.0459. The number of nitrogens with two attached hydrogens (primary N) is 1. The number of carbonyl (C=O) groups excluding carboxylic acids is 2. The van der Waals surface area contributed by atoms with Gasteiger partial charge in [0, 0.05) is 47.9 Å². The molecule has 0 amide bonds. The molecule has 0 radical (unpaired) electrons. The highest BCUT2D eigenvalue weighted by Crippen LogP contribution is 2.70. The largest absolute Gasteiger partial charge is 0.482 e. The number of hydrogen-bond acceptors (Lipinski definition) is 15. The molecule has 1 aromatic rings. The third-order valence-electron chi connectivity index (χ3n) is 14.9. The molecule has 5 N–H and O–H groups in total. The highest BCUT2D eigenvalue weighted by Gasteiger charge is 2.77. The Labute approximate surface area is 393 Å². The molecule has 0 aromatic heterocycles. The van der Waals surface area contributed by atoms with Crippen LogP contribution in [0.4, 0.5) is 0 Å². The van der Waals surface area contributed by atoms with Crippen molar-refractivity contribution in [1.29, 1.82) is 5.26 Å². The molecule has 1 aromatic carbocycles. The number of benzene rings is 1. The molecular weight excluding hydrogens is 859 g/mol. The van der Waals surface area contributed by atoms with Crippen LogP contribution in [0.5, 0.6) is 17.2 Å². The van der Waals surface area contributed by atoms with E-state index in [1.807, 2.05) is 66.7 Å². The van der Waals surface area contributed by atoms with E-state index in [9.17, 15) is 25.4 Å². The Kier molecular flexibility index (Phi) is 12.5. The van der Waals surface area contributed by atoms with Gasteiger partial charge in [0.2, 0.25) is 6.29 Å². The normalized spacial score (nSPS) is 34.5. The summed E-state index contributed by atoms with van der Waals surface area (Å²) in [5.74, 6) is -3.72. The Morgan fingerprint density at radius 1 is 1.06 bits per heavy atom. The van der Waals surface area contributed by atoms with Crippen LogP contribution in [0.15, 0.2) is 58.0 Å². The van der Waals surface area contributed by atoms with Gasteiger partial charge in [-0.05, 0) is 99.1 Å². The van der Waals surface area contributed by atoms with Crippen molar-refractivity contribution in [2.75, 3.05) is 20.8 Å². The number of hydrogen-bond donors (Lipinski definition) is 4. The molecule has 15 nitrogen and oxygen atoms in total. The first-order valence-electron chi connectivity index (χ1n) is 23.4. The summed E-state index contributed by atoms with van der Waals surface area (Å²) in [5.41, 5.74) is 7.04. The average molecular weight is 926 g/mol. The Bertz CT molecular complexity index is 2480. The van der Waals surface area contributed by atoms with Gasteiger partial charge in [0.15, 0.2) is 22.8 Å². The standard InChI is InChI=1S/C52H67N3O12/c1-25(2)14-13-19-50(10)20-18-30-41(66-50)29(16-15-26(3)4)43-36(42(30)64-48-40(57)39(56)44-34(63-48)24-62-49(8,9)65-44)38-37-35(32(23-53)46(54)55(38)11)31-22-33(27(5)6)52(37,67-43)51(60,45(31)58)21-17-28(7)47(59)61-12/h14-15,17-18,20,27,31,33-35,39-40,44,48,56-57,60H,13,16,19,21-22,24,54H2,1-12H3/b28-17-/t31?,33?,34-,35?,39-,40-,44-,48+,50?,51?,52?/m1/s1. The number of carbonyl (C=O) groups is 2. The molecule has 6 unspecified atom stereocenters. The molecule has 3 saturated carbocycles. The summed E-state index contributed by atoms with van der Waals surface area (Å²) < 4.78 is 45.4. The van der Waals surface area contributed by atoms with E-state index in [4.69, 9.17) is 38.9 Å². The second-order valence-electron chi connectivity index (χ2n) is 20.8. The lowest BCUT2D eigenvalue weighted by molar-refractivity contribution is -0.373. The van der Waals surface area contributed by atoms with Crippen LogP contribution in [-0.2, 0) is 35.0 Å². The number of esters is 1. The van der Waals surface area contributed by atoms with E-state index in [0.29, 0.717) is 40.1 Å². The van der Waals surface area contributed by atoms with Crippen LogP contribution in [0.3, 0.4) is 0 Å². The number of fused-ring (bicyclic) bond motifs is 6. The van der Waals surface area contributed by atoms with Crippen molar-refractivity contribution >= 4 is 23.5 Å². The second kappa shape index (κ2) is 17.2. The molecule has 3 aliphatic carbocycles. The summed E-state index contributed by atoms with van der Waals surface area (Å²) in [6.07, 6.45) is 4.94. The van der Waals surface area contributed by atoms with Crippen molar-refractivity contribution in [3.8, 4) is 23.3 Å². The van der Waals surface area contributed by atoms with E-state index in [-0.39, 0.29) is 60.3 Å². The summed E-state index contributed by atoms with van der Waals surface area (Å²) in [4.78, 5) is 29.8. The van der Waals surface area contributed by atoms with E-state index in [2.05, 4.69) is 12.1 Å². The maximum absolute atomic E-state index is 15.3. The number of methoxy groups -OCH3 is 1. The van der Waals surface area contributed by atoms with Gasteiger partial charge in [-0.15, -0.1) is 0 Å². The molecule has 2 saturated heterocycles. The minimum atomic E-state index is -2.27. The number of nitriles is 1. The SMILES string of the molecule is COC(=O)/C(C)=C\CC1(O)C(=O)C2CC(C(C)C)C13Oc1c(CC=C(C)C)c4c(c(O[C@@H]5O[C@@H]6COC(C)(C)O[C@H]6[C@H](O)[C@H]5O)c1C1=C3C2C(C#N)=C(N)N1C)C=CC(C)(CCC=C(C)C)O4. The lowest BCUT2D eigenvalue weighted by Gasteiger charge is -2.66. The van der Waals surface area contributed by atoms with Crippen LogP contribution in [0.1, 0.15) is 112 Å². The zero-order chi connectivity index (χ0) is 48.9. The third kappa shape index (κ3) is 7.63. The summed E-state index contributed by atoms with van der Waals surface area (Å²) >= 11 is 0. The van der Waals surface area contributed by atoms with Gasteiger partial charge >= 0.3 is 5.97 Å². The second-order valence-corrected chi connectivity index (χ2v) is 20.8. The number of Topliss-reactive ketones (excluding diaryl/α,β-unsaturated/α-hetero) is 1. The van der Waals surface area contributed by atoms with E-state index in [1.54, 1.807) is 32.7 Å². The summed E-state index contributed by atoms with van der Waals surface area (Å²) in [5, 5.41) is 48.1. The third-order valence-corrected chi connectivity index (χ3v) is 14.9. The molecule has 8 aliphatic rings. The first kappa shape index (κ1) is 48.5. The van der Waals surface area contributed by atoms with Crippen molar-refractivity contribution < 1.29 is 58.1 Å². The van der Waals surface area contributed by atoms with Crippen LogP contribution in [0, 0.1) is 35.0 Å². The van der Waals surface area contributed by atoms with Gasteiger partial charge in [0.1, 0.15) is 53.1 Å². The Hall–Kier alpha value is -4.95. The van der Waals surface area contributed by atoms with Crippen LogP contribution < -0.4 is 19.9 Å². The van der Waals surface area contributed by atoms with Gasteiger partial charge in [-0.2, -0.15) is 5.26 Å².